The number of carbonyl (C=O) groups is 3. The summed E-state index contributed by atoms with van der Waals surface area (Å²) in [5.74, 6) is -0.790. The van der Waals surface area contributed by atoms with Crippen LogP contribution >= 0.6 is 0 Å². The average Bonchev–Trinajstić information content (AvgIpc) is 2.21. The first kappa shape index (κ1) is 18.2. The van der Waals surface area contributed by atoms with E-state index in [9.17, 15) is 14.4 Å². The second-order valence-corrected chi connectivity index (χ2v) is 5.53. The van der Waals surface area contributed by atoms with Crippen molar-refractivity contribution in [3.8, 4) is 0 Å². The van der Waals surface area contributed by atoms with Crippen molar-refractivity contribution in [3.05, 3.63) is 0 Å². The fourth-order valence-electron chi connectivity index (χ4n) is 1.27. The van der Waals surface area contributed by atoms with E-state index < -0.39 is 29.8 Å². The van der Waals surface area contributed by atoms with E-state index in [2.05, 4.69) is 10.6 Å². The number of hydrogen-bond acceptors (Lipinski definition) is 5. The number of rotatable bonds is 5. The Balaban J connectivity index is 4.10. The van der Waals surface area contributed by atoms with E-state index in [1.54, 1.807) is 27.7 Å². The molecule has 0 rings (SSSR count). The number of amides is 2. The lowest BCUT2D eigenvalue weighted by molar-refractivity contribution is -0.145. The van der Waals surface area contributed by atoms with Gasteiger partial charge in [-0.1, -0.05) is 0 Å². The smallest absolute Gasteiger partial charge is 0.408 e. The summed E-state index contributed by atoms with van der Waals surface area (Å²) < 4.78 is 9.90. The summed E-state index contributed by atoms with van der Waals surface area (Å²) in [6, 6.07) is -0.741. The van der Waals surface area contributed by atoms with Gasteiger partial charge < -0.3 is 20.1 Å². The predicted molar refractivity (Wildman–Crippen MR) is 73.1 cm³/mol. The van der Waals surface area contributed by atoms with Gasteiger partial charge in [0.1, 0.15) is 17.7 Å². The fraction of sp³-hybridized carbons (Fsp3) is 0.769. The molecule has 0 aromatic rings. The summed E-state index contributed by atoms with van der Waals surface area (Å²) in [5, 5.41) is 4.99. The van der Waals surface area contributed by atoms with E-state index in [1.807, 2.05) is 0 Å². The molecule has 0 aliphatic carbocycles. The van der Waals surface area contributed by atoms with Crippen molar-refractivity contribution >= 4 is 18.0 Å². The number of nitrogens with one attached hydrogen (secondary N) is 2. The first-order valence-corrected chi connectivity index (χ1v) is 6.45. The fourth-order valence-corrected chi connectivity index (χ4v) is 1.27. The molecule has 2 amide bonds. The van der Waals surface area contributed by atoms with Gasteiger partial charge in [-0.05, 0) is 34.6 Å². The van der Waals surface area contributed by atoms with Crippen LogP contribution in [0.15, 0.2) is 0 Å². The molecule has 0 radical (unpaired) electrons. The molecular weight excluding hydrogens is 264 g/mol. The highest BCUT2D eigenvalue weighted by molar-refractivity contribution is 5.85. The molecule has 7 nitrogen and oxygen atoms in total. The Bertz CT molecular complexity index is 362. The van der Waals surface area contributed by atoms with E-state index in [0.717, 1.165) is 0 Å². The second kappa shape index (κ2) is 7.72. The highest BCUT2D eigenvalue weighted by Crippen LogP contribution is 2.06. The zero-order chi connectivity index (χ0) is 15.9. The lowest BCUT2D eigenvalue weighted by atomic mass is 10.2. The summed E-state index contributed by atoms with van der Waals surface area (Å²) in [5.41, 5.74) is -0.621. The van der Waals surface area contributed by atoms with Gasteiger partial charge >= 0.3 is 12.1 Å². The van der Waals surface area contributed by atoms with Crippen LogP contribution in [0.1, 0.15) is 41.5 Å². The Hall–Kier alpha value is -1.79. The molecule has 0 aromatic heterocycles. The third-order valence-corrected chi connectivity index (χ3v) is 2.06. The van der Waals surface area contributed by atoms with Crippen molar-refractivity contribution in [2.24, 2.45) is 0 Å². The molecule has 0 aliphatic heterocycles. The van der Waals surface area contributed by atoms with E-state index in [-0.39, 0.29) is 12.5 Å². The van der Waals surface area contributed by atoms with Gasteiger partial charge in [0, 0.05) is 6.92 Å². The average molecular weight is 288 g/mol. The minimum absolute atomic E-state index is 0.179. The molecule has 20 heavy (non-hydrogen) atoms. The lowest BCUT2D eigenvalue weighted by Gasteiger charge is -2.22. The number of ether oxygens (including phenoxy) is 2. The predicted octanol–water partition coefficient (Wildman–Crippen LogP) is 0.967. The quantitative estimate of drug-likeness (QED) is 0.735. The molecule has 0 fully saturated rings. The maximum Gasteiger partial charge on any atom is 0.408 e. The molecule has 2 N–H and O–H groups in total. The van der Waals surface area contributed by atoms with Crippen LogP contribution in [0.3, 0.4) is 0 Å². The Labute approximate surface area is 119 Å². The first-order valence-electron chi connectivity index (χ1n) is 6.45. The maximum atomic E-state index is 11.7. The van der Waals surface area contributed by atoms with E-state index in [0.29, 0.717) is 0 Å². The second-order valence-electron chi connectivity index (χ2n) is 5.53. The van der Waals surface area contributed by atoms with Crippen LogP contribution in [-0.2, 0) is 19.1 Å². The molecule has 0 heterocycles. The third kappa shape index (κ3) is 9.18. The monoisotopic (exact) mass is 288 g/mol. The molecule has 116 valence electrons. The molecule has 0 saturated carbocycles. The van der Waals surface area contributed by atoms with Crippen LogP contribution in [0.25, 0.3) is 0 Å². The maximum absolute atomic E-state index is 11.7. The minimum atomic E-state index is -0.741. The van der Waals surface area contributed by atoms with Crippen molar-refractivity contribution in [2.45, 2.75) is 59.3 Å². The Morgan fingerprint density at radius 2 is 1.70 bits per heavy atom. The van der Waals surface area contributed by atoms with Crippen molar-refractivity contribution in [2.75, 3.05) is 6.54 Å². The summed E-state index contributed by atoms with van der Waals surface area (Å²) in [7, 11) is 0. The van der Waals surface area contributed by atoms with Crippen LogP contribution < -0.4 is 10.6 Å². The zero-order valence-electron chi connectivity index (χ0n) is 12.9. The Kier molecular flexibility index (Phi) is 7.02. The number of esters is 1. The van der Waals surface area contributed by atoms with Crippen molar-refractivity contribution in [3.63, 3.8) is 0 Å². The standard InChI is InChI=1S/C13H24N2O5/c1-8(19-10(3)16)7-14-11(17)9(2)15-12(18)20-13(4,5)6/h8-9H,7H2,1-6H3,(H,14,17)(H,15,18). The van der Waals surface area contributed by atoms with Gasteiger partial charge in [0.05, 0.1) is 6.54 Å². The molecule has 0 saturated heterocycles. The number of carbonyl (C=O) groups excluding carboxylic acids is 3. The van der Waals surface area contributed by atoms with Gasteiger partial charge in [-0.2, -0.15) is 0 Å². The zero-order valence-corrected chi connectivity index (χ0v) is 12.9. The van der Waals surface area contributed by atoms with Crippen molar-refractivity contribution < 1.29 is 23.9 Å². The third-order valence-electron chi connectivity index (χ3n) is 2.06. The normalized spacial score (nSPS) is 13.9. The van der Waals surface area contributed by atoms with Crippen LogP contribution in [0, 0.1) is 0 Å². The molecule has 0 aliphatic rings. The van der Waals surface area contributed by atoms with E-state index in [1.165, 1.54) is 13.8 Å². The van der Waals surface area contributed by atoms with Crippen LogP contribution in [-0.4, -0.2) is 42.3 Å². The van der Waals surface area contributed by atoms with Gasteiger partial charge in [0.15, 0.2) is 0 Å². The van der Waals surface area contributed by atoms with Crippen molar-refractivity contribution in [1.82, 2.24) is 10.6 Å². The van der Waals surface area contributed by atoms with Crippen molar-refractivity contribution in [1.29, 1.82) is 0 Å². The van der Waals surface area contributed by atoms with Gasteiger partial charge in [-0.3, -0.25) is 9.59 Å². The van der Waals surface area contributed by atoms with Gasteiger partial charge in [-0.25, -0.2) is 4.79 Å². The van der Waals surface area contributed by atoms with Crippen LogP contribution in [0.2, 0.25) is 0 Å². The summed E-state index contributed by atoms with van der Waals surface area (Å²) in [6.07, 6.45) is -1.08. The molecular formula is C13H24N2O5. The lowest BCUT2D eigenvalue weighted by Crippen LogP contribution is -2.47. The SMILES string of the molecule is CC(=O)OC(C)CNC(=O)C(C)NC(=O)OC(C)(C)C. The largest absolute Gasteiger partial charge is 0.461 e. The van der Waals surface area contributed by atoms with Crippen LogP contribution in [0.4, 0.5) is 4.79 Å². The van der Waals surface area contributed by atoms with Gasteiger partial charge in [-0.15, -0.1) is 0 Å². The van der Waals surface area contributed by atoms with E-state index >= 15 is 0 Å². The van der Waals surface area contributed by atoms with Crippen LogP contribution in [0.5, 0.6) is 0 Å². The highest BCUT2D eigenvalue weighted by atomic mass is 16.6. The number of alkyl carbamates (subject to hydrolysis) is 1. The number of hydrogen-bond donors (Lipinski definition) is 2. The minimum Gasteiger partial charge on any atom is -0.461 e. The van der Waals surface area contributed by atoms with E-state index in [4.69, 9.17) is 9.47 Å². The van der Waals surface area contributed by atoms with Gasteiger partial charge in [0.2, 0.25) is 5.91 Å². The molecule has 2 atom stereocenters. The highest BCUT2D eigenvalue weighted by Gasteiger charge is 2.21. The molecule has 0 aromatic carbocycles. The molecule has 7 heteroatoms. The van der Waals surface area contributed by atoms with Gasteiger partial charge in [0.25, 0.3) is 0 Å². The molecule has 0 spiro atoms. The first-order chi connectivity index (χ1) is 9.01. The summed E-state index contributed by atoms with van der Waals surface area (Å²) in [6.45, 7) is 9.88. The Morgan fingerprint density at radius 1 is 1.15 bits per heavy atom. The summed E-state index contributed by atoms with van der Waals surface area (Å²) >= 11 is 0. The molecule has 2 unspecified atom stereocenters. The topological polar surface area (TPSA) is 93.7 Å². The molecule has 0 bridgehead atoms. The summed E-state index contributed by atoms with van der Waals surface area (Å²) in [4.78, 5) is 33.9. The Morgan fingerprint density at radius 3 is 2.15 bits per heavy atom.